The number of furan rings is 1. The minimum Gasteiger partial charge on any atom is -0.453 e. The van der Waals surface area contributed by atoms with Crippen LogP contribution in [0.25, 0.3) is 22.6 Å². The molecule has 0 N–H and O–H groups in total. The van der Waals surface area contributed by atoms with E-state index in [-0.39, 0.29) is 0 Å². The number of hydrogen-bond acceptors (Lipinski definition) is 5. The lowest BCUT2D eigenvalue weighted by atomic mass is 10.1. The number of aromatic nitrogens is 5. The van der Waals surface area contributed by atoms with Crippen LogP contribution in [0.5, 0.6) is 0 Å². The summed E-state index contributed by atoms with van der Waals surface area (Å²) in [6.07, 6.45) is 5.52. The van der Waals surface area contributed by atoms with Crippen LogP contribution in [0.4, 0.5) is 0 Å². The number of benzene rings is 1. The molecule has 0 fully saturated rings. The summed E-state index contributed by atoms with van der Waals surface area (Å²) >= 11 is 1.68. The molecule has 0 aliphatic rings. The summed E-state index contributed by atoms with van der Waals surface area (Å²) in [5.74, 6) is 2.59. The van der Waals surface area contributed by atoms with Crippen LogP contribution in [0.1, 0.15) is 11.1 Å². The molecule has 1 aromatic carbocycles. The second kappa shape index (κ2) is 6.40. The van der Waals surface area contributed by atoms with Crippen molar-refractivity contribution in [3.05, 3.63) is 48.0 Å². The van der Waals surface area contributed by atoms with Gasteiger partial charge in [-0.3, -0.25) is 0 Å². The Kier molecular flexibility index (Phi) is 4.09. The maximum absolute atomic E-state index is 6.09. The lowest BCUT2D eigenvalue weighted by Crippen LogP contribution is -2.03. The molecule has 6 nitrogen and oxygen atoms in total. The molecular weight excluding hydrogens is 334 g/mol. The maximum Gasteiger partial charge on any atom is 0.190 e. The normalized spacial score (nSPS) is 11.5. The zero-order valence-corrected chi connectivity index (χ0v) is 15.2. The Bertz CT molecular complexity index is 1030. The Hall–Kier alpha value is -2.54. The van der Waals surface area contributed by atoms with E-state index in [1.807, 2.05) is 30.1 Å². The van der Waals surface area contributed by atoms with Gasteiger partial charge in [-0.25, -0.2) is 4.98 Å². The molecule has 0 spiro atoms. The first kappa shape index (κ1) is 16.0. The van der Waals surface area contributed by atoms with Gasteiger partial charge in [0.25, 0.3) is 0 Å². The van der Waals surface area contributed by atoms with E-state index in [2.05, 4.69) is 45.7 Å². The first-order valence-corrected chi connectivity index (χ1v) is 9.10. The maximum atomic E-state index is 6.09. The number of hydrogen-bond donors (Lipinski definition) is 0. The summed E-state index contributed by atoms with van der Waals surface area (Å²) in [7, 11) is 1.95. The van der Waals surface area contributed by atoms with Crippen molar-refractivity contribution in [3.63, 3.8) is 0 Å². The Labute approximate surface area is 149 Å². The zero-order chi connectivity index (χ0) is 17.4. The standard InChI is InChI=1S/C18H19N5OS/c1-12-4-5-15-14(10-12)13(2)16(24-15)17-19-6-7-23(17)8-9-25-18-21-20-11-22(18)3/h4-7,10-11H,8-9H2,1-3H3. The fraction of sp³-hybridized carbons (Fsp3) is 0.278. The highest BCUT2D eigenvalue weighted by atomic mass is 32.2. The van der Waals surface area contributed by atoms with Gasteiger partial charge in [-0.05, 0) is 26.0 Å². The van der Waals surface area contributed by atoms with E-state index in [4.69, 9.17) is 4.42 Å². The topological polar surface area (TPSA) is 61.7 Å². The molecule has 128 valence electrons. The average Bonchev–Trinajstić information content (AvgIpc) is 3.29. The van der Waals surface area contributed by atoms with Crippen LogP contribution in [-0.4, -0.2) is 30.1 Å². The van der Waals surface area contributed by atoms with Crippen molar-refractivity contribution in [2.75, 3.05) is 5.75 Å². The van der Waals surface area contributed by atoms with Crippen molar-refractivity contribution in [1.82, 2.24) is 24.3 Å². The van der Waals surface area contributed by atoms with Crippen LogP contribution in [0.3, 0.4) is 0 Å². The van der Waals surface area contributed by atoms with Crippen LogP contribution in [0.2, 0.25) is 0 Å². The molecule has 4 rings (SSSR count). The van der Waals surface area contributed by atoms with E-state index in [0.29, 0.717) is 0 Å². The van der Waals surface area contributed by atoms with Gasteiger partial charge < -0.3 is 13.6 Å². The van der Waals surface area contributed by atoms with Crippen molar-refractivity contribution >= 4 is 22.7 Å². The molecule has 4 aromatic rings. The third kappa shape index (κ3) is 2.95. The lowest BCUT2D eigenvalue weighted by Gasteiger charge is -2.06. The molecule has 0 unspecified atom stereocenters. The fourth-order valence-electron chi connectivity index (χ4n) is 2.89. The number of fused-ring (bicyclic) bond motifs is 1. The molecule has 0 atom stereocenters. The van der Waals surface area contributed by atoms with Crippen LogP contribution < -0.4 is 0 Å². The number of aryl methyl sites for hydroxylation is 4. The minimum atomic E-state index is 0.822. The Morgan fingerprint density at radius 1 is 1.24 bits per heavy atom. The number of rotatable bonds is 5. The molecule has 0 aliphatic heterocycles. The first-order valence-electron chi connectivity index (χ1n) is 8.11. The third-order valence-corrected chi connectivity index (χ3v) is 5.26. The van der Waals surface area contributed by atoms with Gasteiger partial charge in [0, 0.05) is 42.7 Å². The first-order chi connectivity index (χ1) is 12.1. The van der Waals surface area contributed by atoms with E-state index < -0.39 is 0 Å². The van der Waals surface area contributed by atoms with Crippen molar-refractivity contribution in [1.29, 1.82) is 0 Å². The predicted molar refractivity (Wildman–Crippen MR) is 98.6 cm³/mol. The molecular formula is C18H19N5OS. The fourth-order valence-corrected chi connectivity index (χ4v) is 3.71. The minimum absolute atomic E-state index is 0.822. The van der Waals surface area contributed by atoms with Crippen LogP contribution in [0.15, 0.2) is 46.5 Å². The van der Waals surface area contributed by atoms with E-state index in [9.17, 15) is 0 Å². The van der Waals surface area contributed by atoms with E-state index in [1.54, 1.807) is 18.1 Å². The van der Waals surface area contributed by atoms with Crippen LogP contribution in [0, 0.1) is 13.8 Å². The quantitative estimate of drug-likeness (QED) is 0.510. The van der Waals surface area contributed by atoms with Crippen LogP contribution in [-0.2, 0) is 13.6 Å². The molecule has 3 aromatic heterocycles. The smallest absolute Gasteiger partial charge is 0.190 e. The molecule has 7 heteroatoms. The molecule has 0 aliphatic carbocycles. The number of nitrogens with zero attached hydrogens (tertiary/aromatic N) is 5. The second-order valence-electron chi connectivity index (χ2n) is 6.07. The number of imidazole rings is 1. The Morgan fingerprint density at radius 3 is 2.92 bits per heavy atom. The van der Waals surface area contributed by atoms with E-state index >= 15 is 0 Å². The van der Waals surface area contributed by atoms with E-state index in [0.717, 1.165) is 45.6 Å². The van der Waals surface area contributed by atoms with Crippen molar-refractivity contribution < 1.29 is 4.42 Å². The summed E-state index contributed by atoms with van der Waals surface area (Å²) < 4.78 is 10.1. The van der Waals surface area contributed by atoms with Crippen LogP contribution >= 0.6 is 11.8 Å². The molecule has 0 radical (unpaired) electrons. The monoisotopic (exact) mass is 353 g/mol. The average molecular weight is 353 g/mol. The highest BCUT2D eigenvalue weighted by Gasteiger charge is 2.17. The van der Waals surface area contributed by atoms with Gasteiger partial charge in [0.2, 0.25) is 0 Å². The largest absolute Gasteiger partial charge is 0.453 e. The van der Waals surface area contributed by atoms with Gasteiger partial charge in [-0.1, -0.05) is 23.4 Å². The molecule has 3 heterocycles. The van der Waals surface area contributed by atoms with Gasteiger partial charge in [0.15, 0.2) is 16.7 Å². The lowest BCUT2D eigenvalue weighted by molar-refractivity contribution is 0.612. The Balaban J connectivity index is 1.59. The molecule has 0 amide bonds. The summed E-state index contributed by atoms with van der Waals surface area (Å²) in [6.45, 7) is 5.01. The summed E-state index contributed by atoms with van der Waals surface area (Å²) in [6, 6.07) is 6.26. The molecule has 0 saturated carbocycles. The molecule has 0 saturated heterocycles. The molecule has 0 bridgehead atoms. The van der Waals surface area contributed by atoms with Gasteiger partial charge in [-0.15, -0.1) is 10.2 Å². The molecule has 25 heavy (non-hydrogen) atoms. The van der Waals surface area contributed by atoms with Gasteiger partial charge in [-0.2, -0.15) is 0 Å². The van der Waals surface area contributed by atoms with Crippen molar-refractivity contribution in [2.45, 2.75) is 25.5 Å². The Morgan fingerprint density at radius 2 is 2.12 bits per heavy atom. The van der Waals surface area contributed by atoms with Crippen molar-refractivity contribution in [2.24, 2.45) is 7.05 Å². The van der Waals surface area contributed by atoms with E-state index in [1.165, 1.54) is 5.56 Å². The highest BCUT2D eigenvalue weighted by Crippen LogP contribution is 2.32. The predicted octanol–water partition coefficient (Wildman–Crippen LogP) is 3.83. The van der Waals surface area contributed by atoms with Gasteiger partial charge in [0.05, 0.1) is 0 Å². The third-order valence-electron chi connectivity index (χ3n) is 4.24. The second-order valence-corrected chi connectivity index (χ2v) is 7.13. The summed E-state index contributed by atoms with van der Waals surface area (Å²) in [5.41, 5.74) is 3.26. The van der Waals surface area contributed by atoms with Crippen molar-refractivity contribution in [3.8, 4) is 11.6 Å². The summed E-state index contributed by atoms with van der Waals surface area (Å²) in [5, 5.41) is 10.1. The zero-order valence-electron chi connectivity index (χ0n) is 14.4. The highest BCUT2D eigenvalue weighted by molar-refractivity contribution is 7.99. The summed E-state index contributed by atoms with van der Waals surface area (Å²) in [4.78, 5) is 4.52. The number of thioether (sulfide) groups is 1. The van der Waals surface area contributed by atoms with Gasteiger partial charge in [0.1, 0.15) is 11.9 Å². The van der Waals surface area contributed by atoms with Gasteiger partial charge >= 0.3 is 0 Å². The SMILES string of the molecule is Cc1ccc2oc(-c3nccn3CCSc3nncn3C)c(C)c2c1.